The molecule has 1 N–H and O–H groups in total. The average molecular weight is 344 g/mol. The summed E-state index contributed by atoms with van der Waals surface area (Å²) in [4.78, 5) is 26.0. The Bertz CT molecular complexity index is 757. The predicted octanol–water partition coefficient (Wildman–Crippen LogP) is 3.04. The third-order valence-electron chi connectivity index (χ3n) is 3.89. The maximum atomic E-state index is 12.4. The molecular formula is C17H20N4O2S. The summed E-state index contributed by atoms with van der Waals surface area (Å²) in [6.07, 6.45) is 1.53. The number of nitrogens with one attached hydrogen (secondary N) is 1. The Morgan fingerprint density at radius 1 is 1.38 bits per heavy atom. The molecule has 24 heavy (non-hydrogen) atoms. The number of anilines is 1. The number of hydrogen-bond acceptors (Lipinski definition) is 5. The van der Waals surface area contributed by atoms with E-state index in [2.05, 4.69) is 15.5 Å². The van der Waals surface area contributed by atoms with Crippen molar-refractivity contribution in [2.75, 3.05) is 11.9 Å². The van der Waals surface area contributed by atoms with Gasteiger partial charge in [0.25, 0.3) is 5.91 Å². The van der Waals surface area contributed by atoms with Gasteiger partial charge in [-0.25, -0.2) is 0 Å². The smallest absolute Gasteiger partial charge is 0.257 e. The number of amides is 2. The lowest BCUT2D eigenvalue weighted by molar-refractivity contribution is -0.128. The molecule has 0 radical (unpaired) electrons. The highest BCUT2D eigenvalue weighted by Crippen LogP contribution is 2.23. The lowest BCUT2D eigenvalue weighted by Gasteiger charge is -2.15. The van der Waals surface area contributed by atoms with Gasteiger partial charge in [0, 0.05) is 31.0 Å². The van der Waals surface area contributed by atoms with Crippen molar-refractivity contribution in [1.82, 2.24) is 15.1 Å². The summed E-state index contributed by atoms with van der Waals surface area (Å²) < 4.78 is 0. The van der Waals surface area contributed by atoms with Crippen LogP contribution in [-0.2, 0) is 11.3 Å². The molecule has 1 aliphatic rings. The number of rotatable bonds is 5. The lowest BCUT2D eigenvalue weighted by Crippen LogP contribution is -2.24. The first-order valence-electron chi connectivity index (χ1n) is 8.04. The van der Waals surface area contributed by atoms with Gasteiger partial charge in [-0.05, 0) is 24.1 Å². The second kappa shape index (κ2) is 7.09. The third kappa shape index (κ3) is 3.79. The van der Waals surface area contributed by atoms with Gasteiger partial charge in [-0.2, -0.15) is 0 Å². The van der Waals surface area contributed by atoms with Crippen molar-refractivity contribution < 1.29 is 9.59 Å². The molecule has 0 saturated carbocycles. The van der Waals surface area contributed by atoms with E-state index in [0.29, 0.717) is 23.7 Å². The van der Waals surface area contributed by atoms with Gasteiger partial charge in [0.05, 0.1) is 0 Å². The van der Waals surface area contributed by atoms with E-state index >= 15 is 0 Å². The largest absolute Gasteiger partial charge is 0.338 e. The van der Waals surface area contributed by atoms with Crippen LogP contribution in [0.2, 0.25) is 0 Å². The van der Waals surface area contributed by atoms with Crippen molar-refractivity contribution in [2.24, 2.45) is 0 Å². The van der Waals surface area contributed by atoms with E-state index in [1.165, 1.54) is 11.3 Å². The van der Waals surface area contributed by atoms with E-state index in [0.717, 1.165) is 23.5 Å². The van der Waals surface area contributed by atoms with Crippen LogP contribution in [0.1, 0.15) is 53.5 Å². The van der Waals surface area contributed by atoms with Crippen molar-refractivity contribution in [3.8, 4) is 0 Å². The van der Waals surface area contributed by atoms with Crippen molar-refractivity contribution in [3.63, 3.8) is 0 Å². The van der Waals surface area contributed by atoms with E-state index < -0.39 is 0 Å². The molecule has 0 unspecified atom stereocenters. The van der Waals surface area contributed by atoms with Crippen LogP contribution in [0, 0.1) is 0 Å². The first-order valence-corrected chi connectivity index (χ1v) is 8.86. The van der Waals surface area contributed by atoms with E-state index in [1.54, 1.807) is 6.07 Å². The minimum atomic E-state index is -0.212. The van der Waals surface area contributed by atoms with Crippen LogP contribution in [0.3, 0.4) is 0 Å². The van der Waals surface area contributed by atoms with Crippen LogP contribution in [0.15, 0.2) is 24.3 Å². The zero-order valence-corrected chi connectivity index (χ0v) is 14.6. The van der Waals surface area contributed by atoms with E-state index in [4.69, 9.17) is 0 Å². The van der Waals surface area contributed by atoms with Crippen molar-refractivity contribution in [2.45, 2.75) is 39.2 Å². The number of likely N-dealkylation sites (tertiary alicyclic amines) is 1. The SMILES string of the molecule is CC(C)c1nnc(NC(=O)c2cccc(CN3CCCC3=O)c2)s1. The van der Waals surface area contributed by atoms with Gasteiger partial charge in [-0.15, -0.1) is 10.2 Å². The number of aromatic nitrogens is 2. The van der Waals surface area contributed by atoms with Crippen LogP contribution in [0.25, 0.3) is 0 Å². The molecule has 1 aromatic carbocycles. The van der Waals surface area contributed by atoms with Gasteiger partial charge in [0.1, 0.15) is 5.01 Å². The van der Waals surface area contributed by atoms with Crippen LogP contribution >= 0.6 is 11.3 Å². The fraction of sp³-hybridized carbons (Fsp3) is 0.412. The van der Waals surface area contributed by atoms with Crippen molar-refractivity contribution in [3.05, 3.63) is 40.4 Å². The number of hydrogen-bond donors (Lipinski definition) is 1. The molecule has 0 bridgehead atoms. The van der Waals surface area contributed by atoms with Crippen LogP contribution < -0.4 is 5.32 Å². The molecule has 1 fully saturated rings. The van der Waals surface area contributed by atoms with Gasteiger partial charge in [0.15, 0.2) is 0 Å². The Kier molecular flexibility index (Phi) is 4.89. The van der Waals surface area contributed by atoms with Crippen LogP contribution in [0.5, 0.6) is 0 Å². The fourth-order valence-electron chi connectivity index (χ4n) is 2.59. The Morgan fingerprint density at radius 2 is 2.21 bits per heavy atom. The van der Waals surface area contributed by atoms with E-state index in [-0.39, 0.29) is 17.7 Å². The first kappa shape index (κ1) is 16.6. The Balaban J connectivity index is 1.68. The summed E-state index contributed by atoms with van der Waals surface area (Å²) in [6.45, 7) is 5.42. The Labute approximate surface area is 144 Å². The van der Waals surface area contributed by atoms with Gasteiger partial charge in [-0.1, -0.05) is 37.3 Å². The number of carbonyl (C=O) groups is 2. The Hall–Kier alpha value is -2.28. The molecule has 7 heteroatoms. The zero-order valence-electron chi connectivity index (χ0n) is 13.8. The number of carbonyl (C=O) groups excluding carboxylic acids is 2. The topological polar surface area (TPSA) is 75.2 Å². The Morgan fingerprint density at radius 3 is 2.88 bits per heavy atom. The lowest BCUT2D eigenvalue weighted by atomic mass is 10.1. The quantitative estimate of drug-likeness (QED) is 0.904. The minimum absolute atomic E-state index is 0.180. The molecule has 3 rings (SSSR count). The molecule has 2 amide bonds. The molecule has 6 nitrogen and oxygen atoms in total. The molecule has 2 heterocycles. The summed E-state index contributed by atoms with van der Waals surface area (Å²) in [5, 5.41) is 12.3. The predicted molar refractivity (Wildman–Crippen MR) is 93.0 cm³/mol. The third-order valence-corrected chi connectivity index (χ3v) is 5.03. The normalized spacial score (nSPS) is 14.5. The summed E-state index contributed by atoms with van der Waals surface area (Å²) >= 11 is 1.39. The van der Waals surface area contributed by atoms with Gasteiger partial charge in [0.2, 0.25) is 11.0 Å². The maximum absolute atomic E-state index is 12.4. The highest BCUT2D eigenvalue weighted by molar-refractivity contribution is 7.15. The number of nitrogens with zero attached hydrogens (tertiary/aromatic N) is 3. The van der Waals surface area contributed by atoms with Gasteiger partial charge >= 0.3 is 0 Å². The summed E-state index contributed by atoms with van der Waals surface area (Å²) in [5.74, 6) is 0.255. The van der Waals surface area contributed by atoms with Crippen molar-refractivity contribution in [1.29, 1.82) is 0 Å². The zero-order chi connectivity index (χ0) is 17.1. The second-order valence-electron chi connectivity index (χ2n) is 6.17. The minimum Gasteiger partial charge on any atom is -0.338 e. The van der Waals surface area contributed by atoms with E-state index in [9.17, 15) is 9.59 Å². The number of benzene rings is 1. The van der Waals surface area contributed by atoms with Crippen molar-refractivity contribution >= 4 is 28.3 Å². The highest BCUT2D eigenvalue weighted by Gasteiger charge is 2.20. The first-order chi connectivity index (χ1) is 11.5. The van der Waals surface area contributed by atoms with Crippen LogP contribution in [0.4, 0.5) is 5.13 Å². The summed E-state index contributed by atoms with van der Waals surface area (Å²) in [5.41, 5.74) is 1.51. The molecule has 0 aliphatic carbocycles. The molecule has 0 spiro atoms. The average Bonchev–Trinajstić information content (AvgIpc) is 3.17. The monoisotopic (exact) mass is 344 g/mol. The molecule has 1 aliphatic heterocycles. The van der Waals surface area contributed by atoms with Crippen LogP contribution in [-0.4, -0.2) is 33.5 Å². The molecule has 126 valence electrons. The van der Waals surface area contributed by atoms with Gasteiger partial charge < -0.3 is 4.90 Å². The summed E-state index contributed by atoms with van der Waals surface area (Å²) in [6, 6.07) is 7.36. The molecule has 1 saturated heterocycles. The van der Waals surface area contributed by atoms with E-state index in [1.807, 2.05) is 36.9 Å². The standard InChI is InChI=1S/C17H20N4O2S/c1-11(2)16-19-20-17(24-16)18-15(23)13-6-3-5-12(9-13)10-21-8-4-7-14(21)22/h3,5-6,9,11H,4,7-8,10H2,1-2H3,(H,18,20,23). The maximum Gasteiger partial charge on any atom is 0.257 e. The summed E-state index contributed by atoms with van der Waals surface area (Å²) in [7, 11) is 0. The fourth-order valence-corrected chi connectivity index (χ4v) is 3.33. The second-order valence-corrected chi connectivity index (χ2v) is 7.18. The molecule has 2 aromatic rings. The highest BCUT2D eigenvalue weighted by atomic mass is 32.1. The molecule has 0 atom stereocenters. The van der Waals surface area contributed by atoms with Gasteiger partial charge in [-0.3, -0.25) is 14.9 Å². The molecule has 1 aromatic heterocycles. The molecular weight excluding hydrogens is 324 g/mol.